The Kier molecular flexibility index (Phi) is 5.97. The molecule has 0 spiro atoms. The largest absolute Gasteiger partial charge is 0.462 e. The Morgan fingerprint density at radius 1 is 0.952 bits per heavy atom. The molecule has 2 rings (SSSR count). The summed E-state index contributed by atoms with van der Waals surface area (Å²) in [6, 6.07) is 6.99. The lowest BCUT2D eigenvalue weighted by Crippen LogP contribution is -2.14. The Hall–Kier alpha value is -1.64. The summed E-state index contributed by atoms with van der Waals surface area (Å²) in [7, 11) is 0. The summed E-state index contributed by atoms with van der Waals surface area (Å²) in [5.41, 5.74) is 0.917. The zero-order valence-corrected chi connectivity index (χ0v) is 12.8. The Balaban J connectivity index is 2.14. The Morgan fingerprint density at radius 2 is 1.67 bits per heavy atom. The average molecular weight is 288 g/mol. The zero-order valence-electron chi connectivity index (χ0n) is 12.8. The van der Waals surface area contributed by atoms with Crippen LogP contribution in [0.15, 0.2) is 24.3 Å². The molecule has 0 saturated heterocycles. The van der Waals surface area contributed by atoms with Crippen molar-refractivity contribution in [3.05, 3.63) is 35.4 Å². The van der Waals surface area contributed by atoms with E-state index in [4.69, 9.17) is 4.74 Å². The van der Waals surface area contributed by atoms with E-state index in [0.717, 1.165) is 19.3 Å². The van der Waals surface area contributed by atoms with Gasteiger partial charge >= 0.3 is 5.97 Å². The molecule has 1 aliphatic heterocycles. The van der Waals surface area contributed by atoms with Crippen LogP contribution in [0.2, 0.25) is 0 Å². The highest BCUT2D eigenvalue weighted by Crippen LogP contribution is 2.19. The van der Waals surface area contributed by atoms with Crippen LogP contribution < -0.4 is 0 Å². The molecule has 0 N–H and O–H groups in total. The molecule has 3 nitrogen and oxygen atoms in total. The average Bonchev–Trinajstić information content (AvgIpc) is 2.49. The molecular weight excluding hydrogens is 264 g/mol. The molecule has 0 aliphatic carbocycles. The molecule has 1 unspecified atom stereocenters. The molecule has 21 heavy (non-hydrogen) atoms. The van der Waals surface area contributed by atoms with E-state index in [1.807, 2.05) is 0 Å². The lowest BCUT2D eigenvalue weighted by atomic mass is 9.97. The lowest BCUT2D eigenvalue weighted by molar-refractivity contribution is 0.0480. The third kappa shape index (κ3) is 4.69. The minimum Gasteiger partial charge on any atom is -0.462 e. The Morgan fingerprint density at radius 3 is 2.48 bits per heavy atom. The van der Waals surface area contributed by atoms with Crippen LogP contribution in [-0.4, -0.2) is 18.4 Å². The maximum absolute atomic E-state index is 12.3. The van der Waals surface area contributed by atoms with Gasteiger partial charge in [-0.2, -0.15) is 0 Å². The van der Waals surface area contributed by atoms with Gasteiger partial charge in [0, 0.05) is 12.0 Å². The van der Waals surface area contributed by atoms with Gasteiger partial charge in [0.05, 0.1) is 12.2 Å². The molecule has 1 heterocycles. The first kappa shape index (κ1) is 15.7. The fraction of sp³-hybridized carbons (Fsp3) is 0.556. The molecule has 0 aromatic heterocycles. The SMILES string of the molecule is CC1CCCCCCC(=O)c2ccccc2C(=O)OCC1. The summed E-state index contributed by atoms with van der Waals surface area (Å²) < 4.78 is 5.34. The van der Waals surface area contributed by atoms with Crippen molar-refractivity contribution in [3.8, 4) is 0 Å². The molecule has 0 saturated carbocycles. The number of carbonyl (C=O) groups is 2. The number of hydrogen-bond donors (Lipinski definition) is 0. The fourth-order valence-electron chi connectivity index (χ4n) is 2.75. The molecule has 0 bridgehead atoms. The summed E-state index contributed by atoms with van der Waals surface area (Å²) in [4.78, 5) is 24.4. The third-order valence-corrected chi connectivity index (χ3v) is 4.14. The van der Waals surface area contributed by atoms with Gasteiger partial charge in [0.25, 0.3) is 0 Å². The van der Waals surface area contributed by atoms with Crippen LogP contribution in [0.4, 0.5) is 0 Å². The molecule has 1 atom stereocenters. The van der Waals surface area contributed by atoms with Gasteiger partial charge in [-0.05, 0) is 24.8 Å². The summed E-state index contributed by atoms with van der Waals surface area (Å²) in [6.07, 6.45) is 6.93. The van der Waals surface area contributed by atoms with Crippen LogP contribution >= 0.6 is 0 Å². The van der Waals surface area contributed by atoms with E-state index in [-0.39, 0.29) is 11.8 Å². The van der Waals surface area contributed by atoms with E-state index < -0.39 is 0 Å². The van der Waals surface area contributed by atoms with Crippen LogP contribution in [0.25, 0.3) is 0 Å². The van der Waals surface area contributed by atoms with Crippen molar-refractivity contribution in [3.63, 3.8) is 0 Å². The number of carbonyl (C=O) groups excluding carboxylic acids is 2. The number of ketones is 1. The van der Waals surface area contributed by atoms with Crippen LogP contribution in [0, 0.1) is 5.92 Å². The number of benzene rings is 1. The van der Waals surface area contributed by atoms with Gasteiger partial charge in [-0.1, -0.05) is 50.8 Å². The highest BCUT2D eigenvalue weighted by atomic mass is 16.5. The number of hydrogen-bond acceptors (Lipinski definition) is 3. The van der Waals surface area contributed by atoms with Crippen LogP contribution in [0.3, 0.4) is 0 Å². The van der Waals surface area contributed by atoms with E-state index in [9.17, 15) is 9.59 Å². The summed E-state index contributed by atoms with van der Waals surface area (Å²) in [6.45, 7) is 2.64. The normalized spacial score (nSPS) is 22.0. The van der Waals surface area contributed by atoms with E-state index in [2.05, 4.69) is 6.92 Å². The van der Waals surface area contributed by atoms with E-state index >= 15 is 0 Å². The lowest BCUT2D eigenvalue weighted by Gasteiger charge is -2.14. The summed E-state index contributed by atoms with van der Waals surface area (Å²) >= 11 is 0. The van der Waals surface area contributed by atoms with E-state index in [1.165, 1.54) is 19.3 Å². The van der Waals surface area contributed by atoms with E-state index in [0.29, 0.717) is 30.1 Å². The quantitative estimate of drug-likeness (QED) is 0.664. The third-order valence-electron chi connectivity index (χ3n) is 4.14. The highest BCUT2D eigenvalue weighted by Gasteiger charge is 2.18. The van der Waals surface area contributed by atoms with Gasteiger partial charge < -0.3 is 4.74 Å². The van der Waals surface area contributed by atoms with Crippen molar-refractivity contribution >= 4 is 11.8 Å². The monoisotopic (exact) mass is 288 g/mol. The first-order chi connectivity index (χ1) is 10.2. The summed E-state index contributed by atoms with van der Waals surface area (Å²) in [5.74, 6) is 0.258. The predicted octanol–water partition coefficient (Wildman–Crippen LogP) is 4.41. The van der Waals surface area contributed by atoms with Crippen LogP contribution in [-0.2, 0) is 4.74 Å². The topological polar surface area (TPSA) is 43.4 Å². The number of ether oxygens (including phenoxy) is 1. The molecule has 1 aromatic carbocycles. The van der Waals surface area contributed by atoms with Crippen molar-refractivity contribution in [1.82, 2.24) is 0 Å². The van der Waals surface area contributed by atoms with Crippen LogP contribution in [0.1, 0.15) is 72.6 Å². The maximum Gasteiger partial charge on any atom is 0.338 e. The van der Waals surface area contributed by atoms with Gasteiger partial charge in [-0.25, -0.2) is 4.79 Å². The molecule has 0 amide bonds. The molecule has 114 valence electrons. The maximum atomic E-state index is 12.3. The van der Waals surface area contributed by atoms with Gasteiger partial charge in [-0.3, -0.25) is 4.79 Å². The van der Waals surface area contributed by atoms with Crippen molar-refractivity contribution in [1.29, 1.82) is 0 Å². The molecule has 0 radical (unpaired) electrons. The molecule has 0 fully saturated rings. The van der Waals surface area contributed by atoms with Gasteiger partial charge in [-0.15, -0.1) is 0 Å². The smallest absolute Gasteiger partial charge is 0.338 e. The van der Waals surface area contributed by atoms with E-state index in [1.54, 1.807) is 24.3 Å². The van der Waals surface area contributed by atoms with Crippen molar-refractivity contribution in [2.24, 2.45) is 5.92 Å². The summed E-state index contributed by atoms with van der Waals surface area (Å²) in [5, 5.41) is 0. The number of rotatable bonds is 0. The molecule has 1 aliphatic rings. The molecule has 1 aromatic rings. The number of Topliss-reactive ketones (excluding diaryl/α,β-unsaturated/α-hetero) is 1. The number of fused-ring (bicyclic) bond motifs is 1. The minimum absolute atomic E-state index is 0.0491. The van der Waals surface area contributed by atoms with Gasteiger partial charge in [0.1, 0.15) is 0 Å². The van der Waals surface area contributed by atoms with Crippen LogP contribution in [0.5, 0.6) is 0 Å². The van der Waals surface area contributed by atoms with Gasteiger partial charge in [0.2, 0.25) is 0 Å². The number of esters is 1. The predicted molar refractivity (Wildman–Crippen MR) is 82.5 cm³/mol. The van der Waals surface area contributed by atoms with Crippen molar-refractivity contribution in [2.75, 3.05) is 6.61 Å². The first-order valence-corrected chi connectivity index (χ1v) is 7.98. The zero-order chi connectivity index (χ0) is 15.1. The molecular formula is C18H24O3. The minimum atomic E-state index is -0.372. The standard InChI is InChI=1S/C18H24O3/c1-14-8-4-2-3-5-11-17(19)15-9-6-7-10-16(15)18(20)21-13-12-14/h6-7,9-10,14H,2-5,8,11-13H2,1H3. The second kappa shape index (κ2) is 7.96. The second-order valence-corrected chi connectivity index (χ2v) is 5.95. The highest BCUT2D eigenvalue weighted by molar-refractivity contribution is 6.06. The fourth-order valence-corrected chi connectivity index (χ4v) is 2.75. The molecule has 3 heteroatoms. The number of cyclic esters (lactones) is 1. The second-order valence-electron chi connectivity index (χ2n) is 5.95. The van der Waals surface area contributed by atoms with Crippen molar-refractivity contribution < 1.29 is 14.3 Å². The Bertz CT molecular complexity index is 493. The Labute approximate surface area is 126 Å². The van der Waals surface area contributed by atoms with Gasteiger partial charge in [0.15, 0.2) is 5.78 Å². The first-order valence-electron chi connectivity index (χ1n) is 7.98. The van der Waals surface area contributed by atoms with Crippen molar-refractivity contribution in [2.45, 2.75) is 51.9 Å².